The van der Waals surface area contributed by atoms with Crippen molar-refractivity contribution in [1.29, 1.82) is 0 Å². The zero-order valence-electron chi connectivity index (χ0n) is 13.0. The largest absolute Gasteiger partial charge is 0.284 e. The minimum atomic E-state index is -3.62. The molecule has 0 unspecified atom stereocenters. The molecule has 9 heteroatoms. The molecule has 0 aliphatic heterocycles. The Hall–Kier alpha value is -1.58. The normalized spacial score (nSPS) is 12.1. The van der Waals surface area contributed by atoms with Gasteiger partial charge in [-0.25, -0.2) is 16.8 Å². The van der Waals surface area contributed by atoms with Crippen LogP contribution >= 0.6 is 11.3 Å². The number of anilines is 2. The summed E-state index contributed by atoms with van der Waals surface area (Å²) in [4.78, 5) is 1.00. The van der Waals surface area contributed by atoms with Crippen molar-refractivity contribution in [2.45, 2.75) is 17.6 Å². The molecule has 23 heavy (non-hydrogen) atoms. The first-order valence-electron chi connectivity index (χ1n) is 6.79. The Morgan fingerprint density at radius 3 is 2.13 bits per heavy atom. The van der Waals surface area contributed by atoms with Crippen LogP contribution in [0.1, 0.15) is 11.8 Å². The first kappa shape index (κ1) is 17.8. The van der Waals surface area contributed by atoms with Gasteiger partial charge >= 0.3 is 0 Å². The molecule has 1 heterocycles. The van der Waals surface area contributed by atoms with Gasteiger partial charge in [-0.15, -0.1) is 11.3 Å². The van der Waals surface area contributed by atoms with E-state index in [-0.39, 0.29) is 4.21 Å². The molecule has 0 atom stereocenters. The van der Waals surface area contributed by atoms with Gasteiger partial charge in [0.25, 0.3) is 10.0 Å². The summed E-state index contributed by atoms with van der Waals surface area (Å²) in [5, 5.41) is 0. The van der Waals surface area contributed by atoms with Gasteiger partial charge in [-0.05, 0) is 42.8 Å². The number of sulfonamides is 2. The lowest BCUT2D eigenvalue weighted by atomic mass is 10.3. The third-order valence-electron chi connectivity index (χ3n) is 3.13. The SMILES string of the molecule is CCc1ccc(S(=O)(=O)N(C)c2ccc(NS(C)(=O)=O)cc2)s1. The summed E-state index contributed by atoms with van der Waals surface area (Å²) in [5.74, 6) is 0. The molecule has 0 saturated carbocycles. The fourth-order valence-corrected chi connectivity index (χ4v) is 5.14. The van der Waals surface area contributed by atoms with E-state index in [1.165, 1.54) is 34.8 Å². The quantitative estimate of drug-likeness (QED) is 0.842. The number of hydrogen-bond donors (Lipinski definition) is 1. The molecular formula is C14H18N2O4S3. The third kappa shape index (κ3) is 4.24. The summed E-state index contributed by atoms with van der Waals surface area (Å²) in [5.41, 5.74) is 0.835. The molecule has 0 fully saturated rings. The fraction of sp³-hybridized carbons (Fsp3) is 0.286. The Morgan fingerprint density at radius 2 is 1.65 bits per heavy atom. The minimum absolute atomic E-state index is 0.287. The van der Waals surface area contributed by atoms with Crippen molar-refractivity contribution in [2.75, 3.05) is 22.3 Å². The molecule has 0 spiro atoms. The van der Waals surface area contributed by atoms with Crippen molar-refractivity contribution in [2.24, 2.45) is 0 Å². The van der Waals surface area contributed by atoms with Crippen LogP contribution in [0.3, 0.4) is 0 Å². The second-order valence-electron chi connectivity index (χ2n) is 4.97. The van der Waals surface area contributed by atoms with Crippen LogP contribution in [0.15, 0.2) is 40.6 Å². The van der Waals surface area contributed by atoms with Gasteiger partial charge in [0.05, 0.1) is 11.9 Å². The molecule has 2 rings (SSSR count). The van der Waals surface area contributed by atoms with Gasteiger partial charge in [0.15, 0.2) is 0 Å². The fourth-order valence-electron chi connectivity index (χ4n) is 1.91. The van der Waals surface area contributed by atoms with E-state index in [0.717, 1.165) is 17.6 Å². The van der Waals surface area contributed by atoms with Crippen LogP contribution in [0.2, 0.25) is 0 Å². The molecular weight excluding hydrogens is 356 g/mol. The summed E-state index contributed by atoms with van der Waals surface area (Å²) >= 11 is 1.25. The average Bonchev–Trinajstić information content (AvgIpc) is 2.95. The first-order valence-corrected chi connectivity index (χ1v) is 10.9. The van der Waals surface area contributed by atoms with E-state index >= 15 is 0 Å². The molecule has 126 valence electrons. The van der Waals surface area contributed by atoms with Crippen LogP contribution in [0.4, 0.5) is 11.4 Å². The maximum Gasteiger partial charge on any atom is 0.273 e. The monoisotopic (exact) mass is 374 g/mol. The molecule has 1 aromatic carbocycles. The van der Waals surface area contributed by atoms with Gasteiger partial charge < -0.3 is 0 Å². The van der Waals surface area contributed by atoms with Gasteiger partial charge in [-0.1, -0.05) is 6.92 Å². The van der Waals surface area contributed by atoms with Gasteiger partial charge in [0.2, 0.25) is 10.0 Å². The average molecular weight is 375 g/mol. The first-order chi connectivity index (χ1) is 10.6. The van der Waals surface area contributed by atoms with E-state index in [9.17, 15) is 16.8 Å². The molecule has 0 radical (unpaired) electrons. The van der Waals surface area contributed by atoms with Crippen molar-refractivity contribution in [3.05, 3.63) is 41.3 Å². The maximum absolute atomic E-state index is 12.6. The van der Waals surface area contributed by atoms with Gasteiger partial charge in [-0.2, -0.15) is 0 Å². The van der Waals surface area contributed by atoms with Crippen LogP contribution < -0.4 is 9.03 Å². The predicted molar refractivity (Wildman–Crippen MR) is 94.2 cm³/mol. The number of nitrogens with zero attached hydrogens (tertiary/aromatic N) is 1. The number of benzene rings is 1. The van der Waals surface area contributed by atoms with Crippen LogP contribution in [-0.4, -0.2) is 30.1 Å². The Kier molecular flexibility index (Phi) is 5.02. The lowest BCUT2D eigenvalue weighted by Gasteiger charge is -2.18. The highest BCUT2D eigenvalue weighted by Crippen LogP contribution is 2.28. The minimum Gasteiger partial charge on any atom is -0.284 e. The van der Waals surface area contributed by atoms with E-state index in [1.807, 2.05) is 13.0 Å². The molecule has 0 bridgehead atoms. The molecule has 2 aromatic rings. The number of thiophene rings is 1. The van der Waals surface area contributed by atoms with Gasteiger partial charge in [-0.3, -0.25) is 9.03 Å². The van der Waals surface area contributed by atoms with Crippen molar-refractivity contribution in [3.8, 4) is 0 Å². The number of hydrogen-bond acceptors (Lipinski definition) is 5. The van der Waals surface area contributed by atoms with Gasteiger partial charge in [0, 0.05) is 17.6 Å². The van der Waals surface area contributed by atoms with Gasteiger partial charge in [0.1, 0.15) is 4.21 Å². The smallest absolute Gasteiger partial charge is 0.273 e. The number of nitrogens with one attached hydrogen (secondary N) is 1. The highest BCUT2D eigenvalue weighted by Gasteiger charge is 2.23. The number of rotatable bonds is 6. The van der Waals surface area contributed by atoms with Crippen LogP contribution in [0.5, 0.6) is 0 Å². The van der Waals surface area contributed by atoms with Crippen molar-refractivity contribution >= 4 is 42.8 Å². The topological polar surface area (TPSA) is 83.6 Å². The van der Waals surface area contributed by atoms with E-state index in [1.54, 1.807) is 18.2 Å². The Labute approximate surface area is 140 Å². The number of aryl methyl sites for hydroxylation is 1. The van der Waals surface area contributed by atoms with Crippen LogP contribution in [0.25, 0.3) is 0 Å². The van der Waals surface area contributed by atoms with E-state index < -0.39 is 20.0 Å². The van der Waals surface area contributed by atoms with Crippen molar-refractivity contribution in [1.82, 2.24) is 0 Å². The molecule has 1 N–H and O–H groups in total. The molecule has 0 aliphatic rings. The lowest BCUT2D eigenvalue weighted by molar-refractivity contribution is 0.596. The van der Waals surface area contributed by atoms with E-state index in [4.69, 9.17) is 0 Å². The highest BCUT2D eigenvalue weighted by atomic mass is 32.2. The van der Waals surface area contributed by atoms with Crippen LogP contribution in [0, 0.1) is 0 Å². The second-order valence-corrected chi connectivity index (χ2v) is 10.1. The molecule has 6 nitrogen and oxygen atoms in total. The zero-order valence-corrected chi connectivity index (χ0v) is 15.4. The Morgan fingerprint density at radius 1 is 1.04 bits per heavy atom. The van der Waals surface area contributed by atoms with Crippen LogP contribution in [-0.2, 0) is 26.5 Å². The molecule has 0 aliphatic carbocycles. The summed E-state index contributed by atoms with van der Waals surface area (Å²) in [6.07, 6.45) is 1.84. The summed E-state index contributed by atoms with van der Waals surface area (Å²) in [6, 6.07) is 9.57. The summed E-state index contributed by atoms with van der Waals surface area (Å²) in [6.45, 7) is 1.97. The highest BCUT2D eigenvalue weighted by molar-refractivity contribution is 7.94. The molecule has 0 saturated heterocycles. The van der Waals surface area contributed by atoms with Crippen molar-refractivity contribution < 1.29 is 16.8 Å². The zero-order chi connectivity index (χ0) is 17.3. The Bertz CT molecular complexity index is 884. The van der Waals surface area contributed by atoms with Crippen molar-refractivity contribution in [3.63, 3.8) is 0 Å². The third-order valence-corrected chi connectivity index (χ3v) is 7.22. The van der Waals surface area contributed by atoms with E-state index in [0.29, 0.717) is 11.4 Å². The maximum atomic E-state index is 12.6. The predicted octanol–water partition coefficient (Wildman–Crippen LogP) is 2.51. The standard InChI is InChI=1S/C14H18N2O4S3/c1-4-13-9-10-14(21-13)23(19,20)16(2)12-7-5-11(6-8-12)15-22(3,17)18/h5-10,15H,4H2,1-3H3. The molecule has 1 aromatic heterocycles. The molecule has 0 amide bonds. The lowest BCUT2D eigenvalue weighted by Crippen LogP contribution is -2.25. The second kappa shape index (κ2) is 6.50. The van der Waals surface area contributed by atoms with E-state index in [2.05, 4.69) is 4.72 Å². The summed E-state index contributed by atoms with van der Waals surface area (Å²) < 4.78 is 51.4. The Balaban J connectivity index is 2.27. The summed E-state index contributed by atoms with van der Waals surface area (Å²) in [7, 11) is -5.51.